The van der Waals surface area contributed by atoms with Gasteiger partial charge in [-0.05, 0) is 32.4 Å². The summed E-state index contributed by atoms with van der Waals surface area (Å²) in [6.07, 6.45) is 1.58. The molecule has 126 valence electrons. The molecule has 0 saturated heterocycles. The van der Waals surface area contributed by atoms with E-state index in [0.717, 1.165) is 5.56 Å². The summed E-state index contributed by atoms with van der Waals surface area (Å²) < 4.78 is 9.93. The van der Waals surface area contributed by atoms with Crippen molar-refractivity contribution in [3.05, 3.63) is 41.0 Å². The number of benzene rings is 1. The molecule has 6 heteroatoms. The zero-order valence-corrected chi connectivity index (χ0v) is 13.8. The fourth-order valence-electron chi connectivity index (χ4n) is 1.87. The van der Waals surface area contributed by atoms with Gasteiger partial charge in [0.2, 0.25) is 0 Å². The molecule has 2 N–H and O–H groups in total. The number of carbonyl (C=O) groups excluding carboxylic acids is 2. The highest BCUT2D eigenvalue weighted by Gasteiger charge is 2.35. The van der Waals surface area contributed by atoms with E-state index >= 15 is 0 Å². The number of aryl methyl sites for hydroxylation is 1. The van der Waals surface area contributed by atoms with Gasteiger partial charge >= 0.3 is 11.9 Å². The second-order valence-corrected chi connectivity index (χ2v) is 5.38. The molecule has 23 heavy (non-hydrogen) atoms. The Labute approximate surface area is 135 Å². The van der Waals surface area contributed by atoms with Gasteiger partial charge in [-0.2, -0.15) is 0 Å². The van der Waals surface area contributed by atoms with Gasteiger partial charge in [-0.1, -0.05) is 18.2 Å². The van der Waals surface area contributed by atoms with Crippen molar-refractivity contribution >= 4 is 11.9 Å². The third-order valence-electron chi connectivity index (χ3n) is 3.37. The molecule has 0 amide bonds. The summed E-state index contributed by atoms with van der Waals surface area (Å²) in [6, 6.07) is 4.66. The van der Waals surface area contributed by atoms with Crippen LogP contribution in [-0.4, -0.2) is 35.4 Å². The predicted octanol–water partition coefficient (Wildman–Crippen LogP) is 1.96. The first-order valence-corrected chi connectivity index (χ1v) is 7.15. The van der Waals surface area contributed by atoms with Crippen LogP contribution >= 0.6 is 0 Å². The average Bonchev–Trinajstić information content (AvgIpc) is 2.49. The molecule has 0 bridgehead atoms. The smallest absolute Gasteiger partial charge is 0.333 e. The number of hydrogen-bond donors (Lipinski definition) is 2. The van der Waals surface area contributed by atoms with Crippen molar-refractivity contribution in [2.75, 3.05) is 13.2 Å². The topological polar surface area (TPSA) is 93.1 Å². The van der Waals surface area contributed by atoms with Gasteiger partial charge in [-0.25, -0.2) is 4.79 Å². The number of phenols is 1. The quantitative estimate of drug-likeness (QED) is 0.614. The molecule has 1 atom stereocenters. The van der Waals surface area contributed by atoms with Crippen LogP contribution in [0.1, 0.15) is 31.9 Å². The SMILES string of the molecule is CC=C(C)C(=O)OC[C@](O)(COC(C)=O)c1ccc(C)cc1O. The van der Waals surface area contributed by atoms with Gasteiger partial charge < -0.3 is 19.7 Å². The highest BCUT2D eigenvalue weighted by Crippen LogP contribution is 2.31. The molecule has 0 radical (unpaired) electrons. The van der Waals surface area contributed by atoms with Crippen molar-refractivity contribution < 1.29 is 29.3 Å². The number of allylic oxidation sites excluding steroid dienone is 1. The van der Waals surface area contributed by atoms with E-state index in [-0.39, 0.29) is 11.3 Å². The van der Waals surface area contributed by atoms with E-state index in [9.17, 15) is 19.8 Å². The average molecular weight is 322 g/mol. The van der Waals surface area contributed by atoms with Crippen LogP contribution in [0.5, 0.6) is 5.75 Å². The summed E-state index contributed by atoms with van der Waals surface area (Å²) in [5.74, 6) is -1.36. The Kier molecular flexibility index (Phi) is 6.33. The van der Waals surface area contributed by atoms with E-state index in [0.29, 0.717) is 5.57 Å². The van der Waals surface area contributed by atoms with E-state index in [1.807, 2.05) is 0 Å². The lowest BCUT2D eigenvalue weighted by molar-refractivity contribution is -0.161. The number of carbonyl (C=O) groups is 2. The summed E-state index contributed by atoms with van der Waals surface area (Å²) in [4.78, 5) is 22.8. The van der Waals surface area contributed by atoms with E-state index < -0.39 is 30.8 Å². The Morgan fingerprint density at radius 3 is 2.35 bits per heavy atom. The monoisotopic (exact) mass is 322 g/mol. The van der Waals surface area contributed by atoms with Crippen molar-refractivity contribution in [3.63, 3.8) is 0 Å². The lowest BCUT2D eigenvalue weighted by Gasteiger charge is -2.28. The standard InChI is InChI=1S/C17H22O6/c1-5-12(3)16(20)23-10-17(21,9-22-13(4)18)14-7-6-11(2)8-15(14)19/h5-8,19,21H,9-10H2,1-4H3/t17-/m1/s1. The number of esters is 2. The summed E-state index contributed by atoms with van der Waals surface area (Å²) in [6.45, 7) is 5.35. The zero-order valence-electron chi connectivity index (χ0n) is 13.8. The summed E-state index contributed by atoms with van der Waals surface area (Å²) in [7, 11) is 0. The molecule has 0 spiro atoms. The highest BCUT2D eigenvalue weighted by atomic mass is 16.6. The van der Waals surface area contributed by atoms with Crippen molar-refractivity contribution in [1.29, 1.82) is 0 Å². The molecular formula is C17H22O6. The number of rotatable bonds is 6. The minimum atomic E-state index is -1.84. The maximum atomic E-state index is 11.8. The minimum absolute atomic E-state index is 0.121. The number of hydrogen-bond acceptors (Lipinski definition) is 6. The molecule has 0 saturated carbocycles. The van der Waals surface area contributed by atoms with E-state index in [1.165, 1.54) is 19.1 Å². The van der Waals surface area contributed by atoms with Gasteiger partial charge in [0.25, 0.3) is 0 Å². The molecule has 0 heterocycles. The van der Waals surface area contributed by atoms with Gasteiger partial charge in [-0.3, -0.25) is 4.79 Å². The van der Waals surface area contributed by atoms with E-state index in [2.05, 4.69) is 0 Å². The Bertz CT molecular complexity index is 620. The largest absolute Gasteiger partial charge is 0.508 e. The highest BCUT2D eigenvalue weighted by molar-refractivity contribution is 5.87. The molecule has 0 aliphatic carbocycles. The van der Waals surface area contributed by atoms with Gasteiger partial charge in [0.15, 0.2) is 5.60 Å². The maximum Gasteiger partial charge on any atom is 0.333 e. The summed E-state index contributed by atoms with van der Waals surface area (Å²) in [5.41, 5.74) is -0.543. The van der Waals surface area contributed by atoms with E-state index in [4.69, 9.17) is 9.47 Å². The van der Waals surface area contributed by atoms with Crippen molar-refractivity contribution in [1.82, 2.24) is 0 Å². The second-order valence-electron chi connectivity index (χ2n) is 5.38. The van der Waals surface area contributed by atoms with Crippen LogP contribution in [0.4, 0.5) is 0 Å². The first-order valence-electron chi connectivity index (χ1n) is 7.15. The predicted molar refractivity (Wildman–Crippen MR) is 83.8 cm³/mol. The fraction of sp³-hybridized carbons (Fsp3) is 0.412. The number of aromatic hydroxyl groups is 1. The first kappa shape index (κ1) is 18.7. The van der Waals surface area contributed by atoms with Gasteiger partial charge in [0.1, 0.15) is 19.0 Å². The maximum absolute atomic E-state index is 11.8. The molecule has 0 aliphatic rings. The number of phenolic OH excluding ortho intramolecular Hbond substituents is 1. The molecule has 1 aromatic rings. The van der Waals surface area contributed by atoms with Gasteiger partial charge in [0, 0.05) is 18.1 Å². The second kappa shape index (κ2) is 7.78. The minimum Gasteiger partial charge on any atom is -0.508 e. The molecule has 0 aliphatic heterocycles. The molecule has 0 unspecified atom stereocenters. The van der Waals surface area contributed by atoms with Crippen LogP contribution in [0.2, 0.25) is 0 Å². The normalized spacial score (nSPS) is 14.0. The zero-order chi connectivity index (χ0) is 17.6. The number of aliphatic hydroxyl groups is 1. The van der Waals surface area contributed by atoms with Crippen LogP contribution in [0.15, 0.2) is 29.8 Å². The van der Waals surface area contributed by atoms with Crippen LogP contribution < -0.4 is 0 Å². The number of ether oxygens (including phenoxy) is 2. The lowest BCUT2D eigenvalue weighted by atomic mass is 9.93. The van der Waals surface area contributed by atoms with Crippen molar-refractivity contribution in [2.45, 2.75) is 33.3 Å². The Morgan fingerprint density at radius 1 is 1.22 bits per heavy atom. The summed E-state index contributed by atoms with van der Waals surface area (Å²) >= 11 is 0. The molecule has 0 aromatic heterocycles. The van der Waals surface area contributed by atoms with Crippen LogP contribution in [0.3, 0.4) is 0 Å². The third kappa shape index (κ3) is 5.10. The Balaban J connectivity index is 3.06. The summed E-state index contributed by atoms with van der Waals surface area (Å²) in [5, 5.41) is 20.8. The Hall–Kier alpha value is -2.34. The first-order chi connectivity index (χ1) is 10.7. The van der Waals surface area contributed by atoms with Gasteiger partial charge in [0.05, 0.1) is 0 Å². The van der Waals surface area contributed by atoms with Gasteiger partial charge in [-0.15, -0.1) is 0 Å². The Morgan fingerprint density at radius 2 is 1.83 bits per heavy atom. The molecular weight excluding hydrogens is 300 g/mol. The van der Waals surface area contributed by atoms with Crippen molar-refractivity contribution in [2.24, 2.45) is 0 Å². The van der Waals surface area contributed by atoms with Crippen LogP contribution in [-0.2, 0) is 24.7 Å². The van der Waals surface area contributed by atoms with Crippen LogP contribution in [0, 0.1) is 6.92 Å². The van der Waals surface area contributed by atoms with Crippen LogP contribution in [0.25, 0.3) is 0 Å². The molecule has 1 rings (SSSR count). The van der Waals surface area contributed by atoms with Crippen molar-refractivity contribution in [3.8, 4) is 5.75 Å². The molecule has 6 nitrogen and oxygen atoms in total. The fourth-order valence-corrected chi connectivity index (χ4v) is 1.87. The molecule has 1 aromatic carbocycles. The molecule has 0 fully saturated rings. The lowest BCUT2D eigenvalue weighted by Crippen LogP contribution is -2.38. The van der Waals surface area contributed by atoms with E-state index in [1.54, 1.807) is 32.9 Å². The third-order valence-corrected chi connectivity index (χ3v) is 3.37.